The number of amides is 2. The van der Waals surface area contributed by atoms with E-state index in [1.54, 1.807) is 4.90 Å². The number of halogens is 2. The average Bonchev–Trinajstić information content (AvgIpc) is 3.04. The van der Waals surface area contributed by atoms with E-state index >= 15 is 0 Å². The number of likely N-dealkylation sites (tertiary alicyclic amines) is 1. The maximum Gasteiger partial charge on any atom is 0.328 e. The van der Waals surface area contributed by atoms with Gasteiger partial charge in [-0.25, -0.2) is 13.6 Å². The molecular formula is C26H36F2N4O. The predicted octanol–water partition coefficient (Wildman–Crippen LogP) is 5.64. The summed E-state index contributed by atoms with van der Waals surface area (Å²) in [5, 5.41) is 3.04. The number of piperidine rings is 1. The minimum Gasteiger partial charge on any atom is -0.300 e. The van der Waals surface area contributed by atoms with Gasteiger partial charge in [-0.1, -0.05) is 38.5 Å². The first-order valence-corrected chi connectivity index (χ1v) is 12.9. The summed E-state index contributed by atoms with van der Waals surface area (Å²) in [6.45, 7) is 2.68. The van der Waals surface area contributed by atoms with E-state index in [-0.39, 0.29) is 17.8 Å². The number of amidine groups is 1. The number of urea groups is 1. The lowest BCUT2D eigenvalue weighted by Gasteiger charge is -2.45. The van der Waals surface area contributed by atoms with Gasteiger partial charge in [0.2, 0.25) is 0 Å². The highest BCUT2D eigenvalue weighted by atomic mass is 19.1. The van der Waals surface area contributed by atoms with Crippen LogP contribution in [-0.4, -0.2) is 48.0 Å². The van der Waals surface area contributed by atoms with Crippen molar-refractivity contribution in [1.29, 1.82) is 0 Å². The van der Waals surface area contributed by atoms with Crippen LogP contribution in [-0.2, 0) is 0 Å². The van der Waals surface area contributed by atoms with Crippen LogP contribution in [0.2, 0.25) is 0 Å². The van der Waals surface area contributed by atoms with Gasteiger partial charge < -0.3 is 4.90 Å². The lowest BCUT2D eigenvalue weighted by Crippen LogP contribution is -2.61. The Morgan fingerprint density at radius 2 is 1.61 bits per heavy atom. The standard InChI is InChI=1S/C26H36F2N4O/c27-20-14-21(28)16-23(15-20)32-25(33)30-24(29-22-10-5-2-6-11-22)26(32)12-7-13-31(18-26)17-19-8-3-1-4-9-19/h14-16,19,22H,1-13,17-18H2,(H,29,30,33). The molecule has 5 nitrogen and oxygen atoms in total. The van der Waals surface area contributed by atoms with Crippen LogP contribution < -0.4 is 10.2 Å². The van der Waals surface area contributed by atoms with Crippen LogP contribution in [0.15, 0.2) is 23.2 Å². The van der Waals surface area contributed by atoms with Gasteiger partial charge in [0, 0.05) is 19.2 Å². The fourth-order valence-corrected chi connectivity index (χ4v) is 6.54. The molecule has 4 fully saturated rings. The molecule has 2 aliphatic carbocycles. The number of anilines is 1. The Labute approximate surface area is 195 Å². The van der Waals surface area contributed by atoms with Gasteiger partial charge in [-0.3, -0.25) is 15.2 Å². The molecule has 0 radical (unpaired) electrons. The lowest BCUT2D eigenvalue weighted by molar-refractivity contribution is 0.145. The van der Waals surface area contributed by atoms with Gasteiger partial charge in [-0.2, -0.15) is 0 Å². The molecule has 2 amide bonds. The van der Waals surface area contributed by atoms with E-state index < -0.39 is 17.2 Å². The molecule has 2 aliphatic heterocycles. The maximum absolute atomic E-state index is 14.2. The molecule has 1 N–H and O–H groups in total. The van der Waals surface area contributed by atoms with Crippen LogP contribution in [0.5, 0.6) is 0 Å². The number of carbonyl (C=O) groups excluding carboxylic acids is 1. The van der Waals surface area contributed by atoms with Crippen molar-refractivity contribution >= 4 is 17.6 Å². The van der Waals surface area contributed by atoms with E-state index in [9.17, 15) is 13.6 Å². The number of hydrogen-bond acceptors (Lipinski definition) is 3. The van der Waals surface area contributed by atoms with Crippen molar-refractivity contribution in [3.8, 4) is 0 Å². The van der Waals surface area contributed by atoms with Crippen LogP contribution in [0.25, 0.3) is 0 Å². The number of aliphatic imine (C=N–C) groups is 1. The summed E-state index contributed by atoms with van der Waals surface area (Å²) < 4.78 is 28.4. The first-order chi connectivity index (χ1) is 16.0. The maximum atomic E-state index is 14.2. The molecule has 5 rings (SSSR count). The van der Waals surface area contributed by atoms with Crippen molar-refractivity contribution in [2.24, 2.45) is 10.9 Å². The first kappa shape index (κ1) is 22.8. The highest BCUT2D eigenvalue weighted by molar-refractivity contribution is 6.19. The molecule has 1 spiro atoms. The van der Waals surface area contributed by atoms with E-state index in [2.05, 4.69) is 10.2 Å². The zero-order chi connectivity index (χ0) is 22.8. The number of rotatable bonds is 4. The Balaban J connectivity index is 1.49. The molecule has 180 valence electrons. The highest BCUT2D eigenvalue weighted by Crippen LogP contribution is 2.39. The van der Waals surface area contributed by atoms with E-state index in [0.29, 0.717) is 18.3 Å². The summed E-state index contributed by atoms with van der Waals surface area (Å²) in [5.74, 6) is 0.0659. The minimum absolute atomic E-state index is 0.212. The molecule has 2 saturated heterocycles. The molecule has 0 bridgehead atoms. The van der Waals surface area contributed by atoms with Crippen LogP contribution >= 0.6 is 0 Å². The summed E-state index contributed by atoms with van der Waals surface area (Å²) in [6, 6.07) is 3.29. The third-order valence-electron chi connectivity index (χ3n) is 8.08. The summed E-state index contributed by atoms with van der Waals surface area (Å²) in [5.41, 5.74) is -0.417. The lowest BCUT2D eigenvalue weighted by atomic mass is 9.84. The predicted molar refractivity (Wildman–Crippen MR) is 127 cm³/mol. The van der Waals surface area contributed by atoms with Crippen molar-refractivity contribution in [2.45, 2.75) is 88.6 Å². The molecular weight excluding hydrogens is 422 g/mol. The van der Waals surface area contributed by atoms with Gasteiger partial charge in [0.1, 0.15) is 23.0 Å². The summed E-state index contributed by atoms with van der Waals surface area (Å²) in [4.78, 5) is 22.5. The van der Waals surface area contributed by atoms with Gasteiger partial charge in [0.15, 0.2) is 0 Å². The van der Waals surface area contributed by atoms with E-state index in [1.165, 1.54) is 50.7 Å². The van der Waals surface area contributed by atoms with E-state index in [0.717, 1.165) is 57.7 Å². The molecule has 2 heterocycles. The minimum atomic E-state index is -0.693. The molecule has 4 aliphatic rings. The molecule has 2 saturated carbocycles. The fraction of sp³-hybridized carbons (Fsp3) is 0.692. The second-order valence-electron chi connectivity index (χ2n) is 10.5. The van der Waals surface area contributed by atoms with Crippen molar-refractivity contribution in [3.05, 3.63) is 29.8 Å². The Morgan fingerprint density at radius 1 is 0.939 bits per heavy atom. The SMILES string of the molecule is O=C1NC(=NC2CCCCC2)C2(CCCN(CC3CCCCC3)C2)N1c1cc(F)cc(F)c1. The largest absolute Gasteiger partial charge is 0.328 e. The zero-order valence-corrected chi connectivity index (χ0v) is 19.5. The van der Waals surface area contributed by atoms with Crippen molar-refractivity contribution in [2.75, 3.05) is 24.5 Å². The van der Waals surface area contributed by atoms with Gasteiger partial charge in [0.05, 0.1) is 11.7 Å². The number of nitrogens with zero attached hydrogens (tertiary/aromatic N) is 3. The quantitative estimate of drug-likeness (QED) is 0.635. The number of hydrogen-bond donors (Lipinski definition) is 1. The smallest absolute Gasteiger partial charge is 0.300 e. The van der Waals surface area contributed by atoms with E-state index in [4.69, 9.17) is 4.99 Å². The Hall–Kier alpha value is -2.02. The zero-order valence-electron chi connectivity index (χ0n) is 19.5. The number of nitrogens with one attached hydrogen (secondary N) is 1. The number of benzene rings is 1. The van der Waals surface area contributed by atoms with Crippen LogP contribution in [0, 0.1) is 17.6 Å². The molecule has 33 heavy (non-hydrogen) atoms. The summed E-state index contributed by atoms with van der Waals surface area (Å²) in [7, 11) is 0. The first-order valence-electron chi connectivity index (χ1n) is 12.9. The van der Waals surface area contributed by atoms with Gasteiger partial charge in [-0.15, -0.1) is 0 Å². The third kappa shape index (κ3) is 4.79. The molecule has 1 atom stereocenters. The normalized spacial score (nSPS) is 29.2. The Bertz CT molecular complexity index is 874. The summed E-state index contributed by atoms with van der Waals surface area (Å²) in [6.07, 6.45) is 13.8. The highest BCUT2D eigenvalue weighted by Gasteiger charge is 2.54. The monoisotopic (exact) mass is 458 g/mol. The molecule has 1 unspecified atom stereocenters. The average molecular weight is 459 g/mol. The van der Waals surface area contributed by atoms with Crippen molar-refractivity contribution < 1.29 is 13.6 Å². The van der Waals surface area contributed by atoms with Crippen LogP contribution in [0.3, 0.4) is 0 Å². The van der Waals surface area contributed by atoms with Gasteiger partial charge in [-0.05, 0) is 63.1 Å². The van der Waals surface area contributed by atoms with Crippen LogP contribution in [0.4, 0.5) is 19.3 Å². The second-order valence-corrected chi connectivity index (χ2v) is 10.5. The molecule has 0 aromatic heterocycles. The van der Waals surface area contributed by atoms with Crippen molar-refractivity contribution in [1.82, 2.24) is 10.2 Å². The van der Waals surface area contributed by atoms with Crippen LogP contribution in [0.1, 0.15) is 77.0 Å². The van der Waals surface area contributed by atoms with Crippen molar-refractivity contribution in [3.63, 3.8) is 0 Å². The Morgan fingerprint density at radius 3 is 2.30 bits per heavy atom. The molecule has 1 aromatic carbocycles. The fourth-order valence-electron chi connectivity index (χ4n) is 6.54. The van der Waals surface area contributed by atoms with Gasteiger partial charge >= 0.3 is 6.03 Å². The summed E-state index contributed by atoms with van der Waals surface area (Å²) >= 11 is 0. The van der Waals surface area contributed by atoms with E-state index in [1.807, 2.05) is 0 Å². The van der Waals surface area contributed by atoms with Gasteiger partial charge in [0.25, 0.3) is 0 Å². The topological polar surface area (TPSA) is 47.9 Å². The Kier molecular flexibility index (Phi) is 6.68. The molecule has 7 heteroatoms. The molecule has 1 aromatic rings. The number of carbonyl (C=O) groups is 1. The second kappa shape index (κ2) is 9.69. The third-order valence-corrected chi connectivity index (χ3v) is 8.08.